The molecule has 0 spiro atoms. The molecule has 1 aliphatic heterocycles. The van der Waals surface area contributed by atoms with Crippen LogP contribution in [0.2, 0.25) is 0 Å². The molecule has 26 heavy (non-hydrogen) atoms. The maximum absolute atomic E-state index is 12.8. The van der Waals surface area contributed by atoms with Crippen LogP contribution in [0.5, 0.6) is 0 Å². The van der Waals surface area contributed by atoms with Gasteiger partial charge in [0.2, 0.25) is 0 Å². The zero-order valence-electron chi connectivity index (χ0n) is 14.4. The van der Waals surface area contributed by atoms with Gasteiger partial charge >= 0.3 is 6.18 Å². The van der Waals surface area contributed by atoms with E-state index in [0.717, 1.165) is 42.6 Å². The molecular weight excluding hydrogens is 345 g/mol. The van der Waals surface area contributed by atoms with E-state index in [1.165, 1.54) is 0 Å². The van der Waals surface area contributed by atoms with Gasteiger partial charge in [0.25, 0.3) is 0 Å². The zero-order chi connectivity index (χ0) is 18.3. The van der Waals surface area contributed by atoms with Gasteiger partial charge in [-0.2, -0.15) is 13.2 Å². The second-order valence-electron chi connectivity index (χ2n) is 6.73. The fourth-order valence-electron chi connectivity index (χ4n) is 3.10. The van der Waals surface area contributed by atoms with Crippen LogP contribution in [-0.2, 0) is 6.18 Å². The first-order valence-corrected chi connectivity index (χ1v) is 8.65. The average molecular weight is 364 g/mol. The van der Waals surface area contributed by atoms with Crippen molar-refractivity contribution in [1.82, 2.24) is 19.9 Å². The minimum atomic E-state index is -4.46. The summed E-state index contributed by atoms with van der Waals surface area (Å²) in [6, 6.07) is 2.98. The van der Waals surface area contributed by atoms with Crippen LogP contribution in [0.4, 0.5) is 24.8 Å². The number of aryl methyl sites for hydroxylation is 1. The van der Waals surface area contributed by atoms with E-state index in [2.05, 4.69) is 24.8 Å². The molecule has 0 N–H and O–H groups in total. The highest BCUT2D eigenvalue weighted by Gasteiger charge is 2.33. The molecule has 0 unspecified atom stereocenters. The quantitative estimate of drug-likeness (QED) is 0.835. The number of anilines is 2. The summed E-state index contributed by atoms with van der Waals surface area (Å²) < 4.78 is 38.5. The molecule has 138 valence electrons. The summed E-state index contributed by atoms with van der Waals surface area (Å²) >= 11 is 0. The fourth-order valence-corrected chi connectivity index (χ4v) is 3.10. The number of aromatic nitrogens is 4. The van der Waals surface area contributed by atoms with Gasteiger partial charge < -0.3 is 9.80 Å². The third-order valence-electron chi connectivity index (χ3n) is 4.67. The lowest BCUT2D eigenvalue weighted by molar-refractivity contribution is -0.141. The van der Waals surface area contributed by atoms with Gasteiger partial charge in [-0.25, -0.2) is 19.9 Å². The normalized spacial score (nSPS) is 18.3. The van der Waals surface area contributed by atoms with E-state index in [4.69, 9.17) is 0 Å². The van der Waals surface area contributed by atoms with E-state index in [-0.39, 0.29) is 0 Å². The van der Waals surface area contributed by atoms with Crippen molar-refractivity contribution >= 4 is 11.6 Å². The molecular formula is C17H19F3N6. The fraction of sp³-hybridized carbons (Fsp3) is 0.529. The van der Waals surface area contributed by atoms with Crippen molar-refractivity contribution in [2.75, 3.05) is 36.0 Å². The SMILES string of the molecule is Cc1cc(N2CCN(c3cc(C(F)(F)F)ncn3)CC2)nc(C2CC2)n1. The lowest BCUT2D eigenvalue weighted by atomic mass is 10.2. The molecule has 3 heterocycles. The summed E-state index contributed by atoms with van der Waals surface area (Å²) in [4.78, 5) is 20.5. The van der Waals surface area contributed by atoms with Crippen LogP contribution in [0.1, 0.15) is 36.0 Å². The Hall–Kier alpha value is -2.45. The first-order valence-electron chi connectivity index (χ1n) is 8.65. The van der Waals surface area contributed by atoms with Crippen LogP contribution in [0, 0.1) is 6.92 Å². The highest BCUT2D eigenvalue weighted by molar-refractivity contribution is 5.46. The zero-order valence-corrected chi connectivity index (χ0v) is 14.4. The molecule has 0 radical (unpaired) electrons. The third kappa shape index (κ3) is 3.56. The first kappa shape index (κ1) is 17.0. The van der Waals surface area contributed by atoms with Crippen LogP contribution in [0.15, 0.2) is 18.5 Å². The summed E-state index contributed by atoms with van der Waals surface area (Å²) in [5.74, 6) is 2.60. The molecule has 0 aromatic carbocycles. The Balaban J connectivity index is 1.46. The van der Waals surface area contributed by atoms with Crippen molar-refractivity contribution in [2.24, 2.45) is 0 Å². The number of hydrogen-bond donors (Lipinski definition) is 0. The molecule has 0 atom stereocenters. The van der Waals surface area contributed by atoms with Crippen LogP contribution >= 0.6 is 0 Å². The molecule has 1 saturated carbocycles. The highest BCUT2D eigenvalue weighted by atomic mass is 19.4. The van der Waals surface area contributed by atoms with Gasteiger partial charge in [0, 0.05) is 49.9 Å². The number of alkyl halides is 3. The number of halogens is 3. The Kier molecular flexibility index (Phi) is 4.16. The van der Waals surface area contributed by atoms with Crippen molar-refractivity contribution in [3.05, 3.63) is 35.7 Å². The van der Waals surface area contributed by atoms with Gasteiger partial charge in [0.05, 0.1) is 0 Å². The van der Waals surface area contributed by atoms with E-state index in [1.807, 2.05) is 17.9 Å². The van der Waals surface area contributed by atoms with Crippen LogP contribution < -0.4 is 9.80 Å². The maximum atomic E-state index is 12.8. The van der Waals surface area contributed by atoms with E-state index in [0.29, 0.717) is 37.9 Å². The topological polar surface area (TPSA) is 58.0 Å². The van der Waals surface area contributed by atoms with Gasteiger partial charge in [-0.05, 0) is 19.8 Å². The molecule has 0 amide bonds. The molecule has 2 aromatic heterocycles. The predicted octanol–water partition coefficient (Wildman–Crippen LogP) is 2.80. The Bertz CT molecular complexity index is 797. The summed E-state index contributed by atoms with van der Waals surface area (Å²) in [5.41, 5.74) is 0.0374. The summed E-state index contributed by atoms with van der Waals surface area (Å²) in [7, 11) is 0. The Morgan fingerprint density at radius 3 is 2.19 bits per heavy atom. The second-order valence-corrected chi connectivity index (χ2v) is 6.73. The summed E-state index contributed by atoms with van der Waals surface area (Å²) in [5, 5.41) is 0. The third-order valence-corrected chi connectivity index (χ3v) is 4.67. The van der Waals surface area contributed by atoms with Crippen molar-refractivity contribution in [2.45, 2.75) is 31.9 Å². The Morgan fingerprint density at radius 1 is 0.923 bits per heavy atom. The van der Waals surface area contributed by atoms with E-state index in [9.17, 15) is 13.2 Å². The number of nitrogens with zero attached hydrogens (tertiary/aromatic N) is 6. The lowest BCUT2D eigenvalue weighted by Crippen LogP contribution is -2.47. The number of hydrogen-bond acceptors (Lipinski definition) is 6. The molecule has 6 nitrogen and oxygen atoms in total. The molecule has 4 rings (SSSR count). The number of rotatable bonds is 3. The highest BCUT2D eigenvalue weighted by Crippen LogP contribution is 2.38. The van der Waals surface area contributed by atoms with E-state index < -0.39 is 11.9 Å². The molecule has 9 heteroatoms. The summed E-state index contributed by atoms with van der Waals surface area (Å²) in [6.07, 6.45) is -1.20. The molecule has 2 fully saturated rings. The molecule has 2 aliphatic rings. The predicted molar refractivity (Wildman–Crippen MR) is 90.2 cm³/mol. The average Bonchev–Trinajstić information content (AvgIpc) is 3.46. The molecule has 0 bridgehead atoms. The van der Waals surface area contributed by atoms with Gasteiger partial charge in [-0.1, -0.05) is 0 Å². The summed E-state index contributed by atoms with van der Waals surface area (Å²) in [6.45, 7) is 4.47. The minimum absolute atomic E-state index is 0.310. The second kappa shape index (κ2) is 6.37. The van der Waals surface area contributed by atoms with E-state index in [1.54, 1.807) is 0 Å². The van der Waals surface area contributed by atoms with Gasteiger partial charge in [0.15, 0.2) is 0 Å². The van der Waals surface area contributed by atoms with Crippen molar-refractivity contribution in [1.29, 1.82) is 0 Å². The van der Waals surface area contributed by atoms with Crippen LogP contribution in [0.3, 0.4) is 0 Å². The molecule has 1 aliphatic carbocycles. The Labute approximate surface area is 149 Å². The standard InChI is InChI=1S/C17H19F3N6/c1-11-8-15(24-16(23-11)12-2-3-12)26-6-4-25(5-7-26)14-9-13(17(18,19)20)21-10-22-14/h8-10,12H,2-7H2,1H3. The molecule has 1 saturated heterocycles. The first-order chi connectivity index (χ1) is 12.4. The maximum Gasteiger partial charge on any atom is 0.433 e. The lowest BCUT2D eigenvalue weighted by Gasteiger charge is -2.36. The smallest absolute Gasteiger partial charge is 0.353 e. The van der Waals surface area contributed by atoms with Gasteiger partial charge in [-0.15, -0.1) is 0 Å². The Morgan fingerprint density at radius 2 is 1.58 bits per heavy atom. The minimum Gasteiger partial charge on any atom is -0.353 e. The number of piperazine rings is 1. The largest absolute Gasteiger partial charge is 0.433 e. The van der Waals surface area contributed by atoms with Crippen LogP contribution in [-0.4, -0.2) is 46.1 Å². The van der Waals surface area contributed by atoms with Crippen molar-refractivity contribution in [3.8, 4) is 0 Å². The molecule has 2 aromatic rings. The van der Waals surface area contributed by atoms with Crippen molar-refractivity contribution < 1.29 is 13.2 Å². The monoisotopic (exact) mass is 364 g/mol. The van der Waals surface area contributed by atoms with Gasteiger partial charge in [-0.3, -0.25) is 0 Å². The van der Waals surface area contributed by atoms with Gasteiger partial charge in [0.1, 0.15) is 29.5 Å². The van der Waals surface area contributed by atoms with Crippen LogP contribution in [0.25, 0.3) is 0 Å². The van der Waals surface area contributed by atoms with E-state index >= 15 is 0 Å². The van der Waals surface area contributed by atoms with Crippen molar-refractivity contribution in [3.63, 3.8) is 0 Å².